The fourth-order valence-electron chi connectivity index (χ4n) is 1.58. The fraction of sp³-hybridized carbons (Fsp3) is 0.154. The van der Waals surface area contributed by atoms with Gasteiger partial charge >= 0.3 is 0 Å². The first-order chi connectivity index (χ1) is 9.63. The van der Waals surface area contributed by atoms with Gasteiger partial charge in [0.1, 0.15) is 4.90 Å². The molecule has 0 unspecified atom stereocenters. The SMILES string of the molecule is NCC#Cc1ccccc1CNS(=O)(=O)c1cn[nH]c1. The van der Waals surface area contributed by atoms with Gasteiger partial charge in [-0.1, -0.05) is 30.0 Å². The molecule has 0 amide bonds. The molecule has 7 heteroatoms. The van der Waals surface area contributed by atoms with Crippen LogP contribution in [0, 0.1) is 11.8 Å². The maximum Gasteiger partial charge on any atom is 0.243 e. The average Bonchev–Trinajstić information content (AvgIpc) is 2.99. The highest BCUT2D eigenvalue weighted by molar-refractivity contribution is 7.89. The molecule has 0 spiro atoms. The summed E-state index contributed by atoms with van der Waals surface area (Å²) in [6, 6.07) is 7.31. The van der Waals surface area contributed by atoms with Crippen LogP contribution in [0.4, 0.5) is 0 Å². The van der Waals surface area contributed by atoms with E-state index in [9.17, 15) is 8.42 Å². The molecule has 0 fully saturated rings. The van der Waals surface area contributed by atoms with Gasteiger partial charge in [-0.05, 0) is 11.6 Å². The van der Waals surface area contributed by atoms with E-state index in [0.717, 1.165) is 11.1 Å². The topological polar surface area (TPSA) is 101 Å². The lowest BCUT2D eigenvalue weighted by Crippen LogP contribution is -2.23. The van der Waals surface area contributed by atoms with Crippen LogP contribution in [0.5, 0.6) is 0 Å². The molecule has 0 atom stereocenters. The van der Waals surface area contributed by atoms with Crippen molar-refractivity contribution in [3.63, 3.8) is 0 Å². The van der Waals surface area contributed by atoms with Crippen LogP contribution in [-0.2, 0) is 16.6 Å². The number of nitrogens with one attached hydrogen (secondary N) is 2. The molecule has 4 N–H and O–H groups in total. The number of H-pyrrole nitrogens is 1. The van der Waals surface area contributed by atoms with E-state index in [-0.39, 0.29) is 18.0 Å². The van der Waals surface area contributed by atoms with E-state index in [1.54, 1.807) is 0 Å². The maximum atomic E-state index is 12.0. The monoisotopic (exact) mass is 290 g/mol. The van der Waals surface area contributed by atoms with Crippen molar-refractivity contribution in [1.82, 2.24) is 14.9 Å². The van der Waals surface area contributed by atoms with E-state index in [1.807, 2.05) is 24.3 Å². The average molecular weight is 290 g/mol. The third kappa shape index (κ3) is 3.45. The summed E-state index contributed by atoms with van der Waals surface area (Å²) >= 11 is 0. The number of nitrogens with two attached hydrogens (primary N) is 1. The molecule has 1 heterocycles. The van der Waals surface area contributed by atoms with Crippen molar-refractivity contribution >= 4 is 10.0 Å². The smallest absolute Gasteiger partial charge is 0.243 e. The Morgan fingerprint density at radius 3 is 2.85 bits per heavy atom. The first-order valence-corrected chi connectivity index (χ1v) is 7.37. The van der Waals surface area contributed by atoms with E-state index in [2.05, 4.69) is 26.8 Å². The lowest BCUT2D eigenvalue weighted by atomic mass is 10.1. The van der Waals surface area contributed by atoms with Crippen LogP contribution in [-0.4, -0.2) is 25.2 Å². The normalized spacial score (nSPS) is 10.8. The number of hydrogen-bond acceptors (Lipinski definition) is 4. The molecule has 0 aliphatic carbocycles. The summed E-state index contributed by atoms with van der Waals surface area (Å²) in [5.41, 5.74) is 6.89. The molecular formula is C13H14N4O2S. The van der Waals surface area contributed by atoms with Gasteiger partial charge in [-0.25, -0.2) is 13.1 Å². The Kier molecular flexibility index (Phi) is 4.53. The van der Waals surface area contributed by atoms with Crippen molar-refractivity contribution in [3.05, 3.63) is 47.8 Å². The highest BCUT2D eigenvalue weighted by atomic mass is 32.2. The van der Waals surface area contributed by atoms with Gasteiger partial charge in [0, 0.05) is 18.3 Å². The Hall–Kier alpha value is -2.14. The maximum absolute atomic E-state index is 12.0. The summed E-state index contributed by atoms with van der Waals surface area (Å²) in [5.74, 6) is 5.67. The third-order valence-electron chi connectivity index (χ3n) is 2.58. The van der Waals surface area contributed by atoms with Crippen LogP contribution in [0.15, 0.2) is 41.6 Å². The van der Waals surface area contributed by atoms with Crippen LogP contribution < -0.4 is 10.5 Å². The summed E-state index contributed by atoms with van der Waals surface area (Å²) in [6.07, 6.45) is 2.57. The van der Waals surface area contributed by atoms with Gasteiger partial charge in [0.15, 0.2) is 0 Å². The van der Waals surface area contributed by atoms with Crippen LogP contribution in [0.25, 0.3) is 0 Å². The number of rotatable bonds is 4. The second-order valence-electron chi connectivity index (χ2n) is 3.92. The van der Waals surface area contributed by atoms with Crippen LogP contribution in [0.1, 0.15) is 11.1 Å². The predicted molar refractivity (Wildman–Crippen MR) is 75.0 cm³/mol. The number of sulfonamides is 1. The minimum Gasteiger partial charge on any atom is -0.320 e. The van der Waals surface area contributed by atoms with Crippen molar-refractivity contribution in [1.29, 1.82) is 0 Å². The molecule has 20 heavy (non-hydrogen) atoms. The van der Waals surface area contributed by atoms with Crippen molar-refractivity contribution in [2.24, 2.45) is 5.73 Å². The summed E-state index contributed by atoms with van der Waals surface area (Å²) in [6.45, 7) is 0.415. The Morgan fingerprint density at radius 1 is 1.35 bits per heavy atom. The van der Waals surface area contributed by atoms with Crippen molar-refractivity contribution in [2.75, 3.05) is 6.54 Å². The molecule has 104 valence electrons. The standard InChI is InChI=1S/C13H14N4O2S/c14-7-3-6-11-4-1-2-5-12(11)8-17-20(18,19)13-9-15-16-10-13/h1-2,4-5,9-10,17H,7-8,14H2,(H,15,16). The van der Waals surface area contributed by atoms with Gasteiger partial charge < -0.3 is 5.73 Å². The fourth-order valence-corrected chi connectivity index (χ4v) is 2.50. The number of aromatic nitrogens is 2. The van der Waals surface area contributed by atoms with Gasteiger partial charge in [-0.2, -0.15) is 5.10 Å². The van der Waals surface area contributed by atoms with E-state index in [4.69, 9.17) is 5.73 Å². The van der Waals surface area contributed by atoms with E-state index in [0.29, 0.717) is 0 Å². The van der Waals surface area contributed by atoms with Crippen molar-refractivity contribution in [3.8, 4) is 11.8 Å². The molecule has 0 aliphatic heterocycles. The number of nitrogens with zero attached hydrogens (tertiary/aromatic N) is 1. The van der Waals surface area contributed by atoms with Gasteiger partial charge in [0.2, 0.25) is 10.0 Å². The zero-order valence-electron chi connectivity index (χ0n) is 10.6. The van der Waals surface area contributed by atoms with E-state index >= 15 is 0 Å². The molecule has 1 aromatic heterocycles. The first-order valence-electron chi connectivity index (χ1n) is 5.89. The Bertz CT molecular complexity index is 727. The molecule has 0 aliphatic rings. The van der Waals surface area contributed by atoms with E-state index in [1.165, 1.54) is 12.4 Å². The molecule has 0 bridgehead atoms. The molecular weight excluding hydrogens is 276 g/mol. The molecule has 1 aromatic carbocycles. The first kappa shape index (κ1) is 14.3. The quantitative estimate of drug-likeness (QED) is 0.700. The minimum atomic E-state index is -3.57. The van der Waals surface area contributed by atoms with Crippen molar-refractivity contribution in [2.45, 2.75) is 11.4 Å². The molecule has 2 rings (SSSR count). The summed E-state index contributed by atoms with van der Waals surface area (Å²) < 4.78 is 26.4. The number of aromatic amines is 1. The molecule has 0 saturated heterocycles. The second kappa shape index (κ2) is 6.34. The zero-order valence-corrected chi connectivity index (χ0v) is 11.4. The number of hydrogen-bond donors (Lipinski definition) is 3. The highest BCUT2D eigenvalue weighted by Gasteiger charge is 2.15. The van der Waals surface area contributed by atoms with Gasteiger partial charge in [0.05, 0.1) is 12.7 Å². The second-order valence-corrected chi connectivity index (χ2v) is 5.69. The van der Waals surface area contributed by atoms with Crippen LogP contribution in [0.2, 0.25) is 0 Å². The molecule has 0 radical (unpaired) electrons. The predicted octanol–water partition coefficient (Wildman–Crippen LogP) is 0.198. The highest BCUT2D eigenvalue weighted by Crippen LogP contribution is 2.10. The Morgan fingerprint density at radius 2 is 2.15 bits per heavy atom. The lowest BCUT2D eigenvalue weighted by molar-refractivity contribution is 0.581. The zero-order chi connectivity index (χ0) is 14.4. The molecule has 0 saturated carbocycles. The lowest BCUT2D eigenvalue weighted by Gasteiger charge is -2.06. The number of benzene rings is 1. The van der Waals surface area contributed by atoms with E-state index < -0.39 is 10.0 Å². The van der Waals surface area contributed by atoms with Crippen LogP contribution >= 0.6 is 0 Å². The van der Waals surface area contributed by atoms with Crippen molar-refractivity contribution < 1.29 is 8.42 Å². The summed E-state index contributed by atoms with van der Waals surface area (Å²) in [5, 5.41) is 6.09. The summed E-state index contributed by atoms with van der Waals surface area (Å²) in [7, 11) is -3.57. The summed E-state index contributed by atoms with van der Waals surface area (Å²) in [4.78, 5) is 0.100. The third-order valence-corrected chi connectivity index (χ3v) is 3.95. The minimum absolute atomic E-state index is 0.100. The Balaban J connectivity index is 2.16. The largest absolute Gasteiger partial charge is 0.320 e. The molecule has 2 aromatic rings. The van der Waals surface area contributed by atoms with Gasteiger partial charge in [-0.15, -0.1) is 0 Å². The molecule has 6 nitrogen and oxygen atoms in total. The Labute approximate surface area is 117 Å². The van der Waals surface area contributed by atoms with Gasteiger partial charge in [-0.3, -0.25) is 5.10 Å². The van der Waals surface area contributed by atoms with Crippen LogP contribution in [0.3, 0.4) is 0 Å². The van der Waals surface area contributed by atoms with Gasteiger partial charge in [0.25, 0.3) is 0 Å².